The second kappa shape index (κ2) is 7.77. The molecule has 0 spiro atoms. The van der Waals surface area contributed by atoms with Crippen molar-refractivity contribution in [1.82, 2.24) is 10.2 Å². The largest absolute Gasteiger partial charge is 0.444 e. The molecule has 1 heterocycles. The summed E-state index contributed by atoms with van der Waals surface area (Å²) in [6.45, 7) is 7.52. The van der Waals surface area contributed by atoms with E-state index in [9.17, 15) is 4.79 Å². The highest BCUT2D eigenvalue weighted by Crippen LogP contribution is 2.14. The summed E-state index contributed by atoms with van der Waals surface area (Å²) in [5.74, 6) is 0. The molecule has 1 aromatic rings. The number of likely N-dealkylation sites (tertiary alicyclic amines) is 1. The molecule has 1 aliphatic rings. The van der Waals surface area contributed by atoms with Crippen LogP contribution in [0.3, 0.4) is 0 Å². The number of nitrogens with zero attached hydrogens (tertiary/aromatic N) is 1. The second-order valence-electron chi connectivity index (χ2n) is 6.92. The van der Waals surface area contributed by atoms with Gasteiger partial charge in [0.25, 0.3) is 0 Å². The molecule has 2 rings (SSSR count). The summed E-state index contributed by atoms with van der Waals surface area (Å²) in [6.07, 6.45) is 2.57. The molecule has 1 amide bonds. The van der Waals surface area contributed by atoms with Crippen LogP contribution in [0.15, 0.2) is 30.3 Å². The Labute approximate surface area is 144 Å². The van der Waals surface area contributed by atoms with Crippen molar-refractivity contribution in [3.8, 4) is 0 Å². The smallest absolute Gasteiger partial charge is 0.408 e. The minimum Gasteiger partial charge on any atom is -0.444 e. The number of hydrogen-bond acceptors (Lipinski definition) is 3. The zero-order chi connectivity index (χ0) is 16.9. The SMILES string of the molecule is CC(C)(C)OC(=O)NC(Cc1ccccc1)C(=S)N1CCCC1. The third-order valence-corrected chi connectivity index (χ3v) is 4.23. The lowest BCUT2D eigenvalue weighted by molar-refractivity contribution is 0.0516. The molecule has 23 heavy (non-hydrogen) atoms. The molecule has 1 atom stereocenters. The van der Waals surface area contributed by atoms with Crippen molar-refractivity contribution in [1.29, 1.82) is 0 Å². The topological polar surface area (TPSA) is 41.6 Å². The zero-order valence-corrected chi connectivity index (χ0v) is 15.0. The van der Waals surface area contributed by atoms with Crippen molar-refractivity contribution < 1.29 is 9.53 Å². The van der Waals surface area contributed by atoms with Crippen LogP contribution in [0.1, 0.15) is 39.2 Å². The Morgan fingerprint density at radius 1 is 1.26 bits per heavy atom. The van der Waals surface area contributed by atoms with E-state index in [2.05, 4.69) is 22.3 Å². The molecule has 1 aliphatic heterocycles. The van der Waals surface area contributed by atoms with Crippen molar-refractivity contribution in [2.75, 3.05) is 13.1 Å². The Morgan fingerprint density at radius 2 is 1.87 bits per heavy atom. The van der Waals surface area contributed by atoms with Crippen LogP contribution in [0, 0.1) is 0 Å². The molecule has 0 saturated carbocycles. The molecule has 1 fully saturated rings. The number of carbonyl (C=O) groups is 1. The summed E-state index contributed by atoms with van der Waals surface area (Å²) in [5, 5.41) is 2.95. The van der Waals surface area contributed by atoms with Gasteiger partial charge in [-0.05, 0) is 45.6 Å². The van der Waals surface area contributed by atoms with Crippen LogP contribution in [-0.4, -0.2) is 40.7 Å². The van der Waals surface area contributed by atoms with Gasteiger partial charge in [0.05, 0.1) is 6.04 Å². The maximum atomic E-state index is 12.2. The number of amides is 1. The Bertz CT molecular complexity index is 534. The molecule has 1 saturated heterocycles. The van der Waals surface area contributed by atoms with Crippen molar-refractivity contribution in [2.45, 2.75) is 51.7 Å². The molecule has 0 radical (unpaired) electrons. The first-order chi connectivity index (χ1) is 10.8. The van der Waals surface area contributed by atoms with Gasteiger partial charge in [-0.1, -0.05) is 42.5 Å². The van der Waals surface area contributed by atoms with E-state index in [4.69, 9.17) is 17.0 Å². The number of alkyl carbamates (subject to hydrolysis) is 1. The number of hydrogen-bond donors (Lipinski definition) is 1. The first kappa shape index (κ1) is 17.7. The van der Waals surface area contributed by atoms with Gasteiger partial charge in [0.2, 0.25) is 0 Å². The maximum Gasteiger partial charge on any atom is 0.408 e. The molecule has 126 valence electrons. The summed E-state index contributed by atoms with van der Waals surface area (Å²) in [6, 6.07) is 9.86. The third-order valence-electron chi connectivity index (χ3n) is 3.69. The molecule has 1 N–H and O–H groups in total. The van der Waals surface area contributed by atoms with E-state index in [1.54, 1.807) is 0 Å². The summed E-state index contributed by atoms with van der Waals surface area (Å²) in [5.41, 5.74) is 0.631. The average molecular weight is 334 g/mol. The fourth-order valence-corrected chi connectivity index (χ4v) is 2.98. The minimum atomic E-state index is -0.517. The van der Waals surface area contributed by atoms with Crippen LogP contribution >= 0.6 is 12.2 Å². The van der Waals surface area contributed by atoms with Gasteiger partial charge in [-0.15, -0.1) is 0 Å². The van der Waals surface area contributed by atoms with E-state index in [1.807, 2.05) is 39.0 Å². The normalized spacial score (nSPS) is 16.0. The molecular weight excluding hydrogens is 308 g/mol. The first-order valence-corrected chi connectivity index (χ1v) is 8.58. The van der Waals surface area contributed by atoms with E-state index in [1.165, 1.54) is 0 Å². The zero-order valence-electron chi connectivity index (χ0n) is 14.2. The lowest BCUT2D eigenvalue weighted by Crippen LogP contribution is -2.49. The number of nitrogens with one attached hydrogen (secondary N) is 1. The lowest BCUT2D eigenvalue weighted by atomic mass is 10.1. The van der Waals surface area contributed by atoms with Crippen LogP contribution < -0.4 is 5.32 Å². The predicted molar refractivity (Wildman–Crippen MR) is 96.7 cm³/mol. The highest BCUT2D eigenvalue weighted by molar-refractivity contribution is 7.80. The molecular formula is C18H26N2O2S. The quantitative estimate of drug-likeness (QED) is 0.855. The van der Waals surface area contributed by atoms with Crippen LogP contribution in [0.25, 0.3) is 0 Å². The molecule has 0 bridgehead atoms. The number of carbonyl (C=O) groups excluding carboxylic acids is 1. The Hall–Kier alpha value is -1.62. The van der Waals surface area contributed by atoms with Gasteiger partial charge in [0.15, 0.2) is 0 Å². The fourth-order valence-electron chi connectivity index (χ4n) is 2.66. The summed E-state index contributed by atoms with van der Waals surface area (Å²) >= 11 is 5.65. The Kier molecular flexibility index (Phi) is 5.99. The van der Waals surface area contributed by atoms with Crippen LogP contribution in [-0.2, 0) is 11.2 Å². The summed E-state index contributed by atoms with van der Waals surface area (Å²) < 4.78 is 5.39. The molecule has 0 aliphatic carbocycles. The van der Waals surface area contributed by atoms with Gasteiger partial charge in [-0.2, -0.15) is 0 Å². The van der Waals surface area contributed by atoms with E-state index in [0.29, 0.717) is 6.42 Å². The lowest BCUT2D eigenvalue weighted by Gasteiger charge is -2.28. The standard InChI is InChI=1S/C18H26N2O2S/c1-18(2,3)22-17(21)19-15(13-14-9-5-4-6-10-14)16(23)20-11-7-8-12-20/h4-6,9-10,15H,7-8,11-13H2,1-3H3,(H,19,21). The molecule has 5 heteroatoms. The third kappa shape index (κ3) is 5.82. The number of rotatable bonds is 4. The molecule has 1 unspecified atom stereocenters. The number of ether oxygens (including phenoxy) is 1. The van der Waals surface area contributed by atoms with Gasteiger partial charge in [0, 0.05) is 13.1 Å². The first-order valence-electron chi connectivity index (χ1n) is 8.17. The van der Waals surface area contributed by atoms with Gasteiger partial charge >= 0.3 is 6.09 Å². The Morgan fingerprint density at radius 3 is 2.43 bits per heavy atom. The predicted octanol–water partition coefficient (Wildman–Crippen LogP) is 3.55. The van der Waals surface area contributed by atoms with Crippen LogP contribution in [0.5, 0.6) is 0 Å². The number of thiocarbonyl (C=S) groups is 1. The highest BCUT2D eigenvalue weighted by Gasteiger charge is 2.26. The van der Waals surface area contributed by atoms with Crippen LogP contribution in [0.4, 0.5) is 4.79 Å². The van der Waals surface area contributed by atoms with Gasteiger partial charge in [-0.25, -0.2) is 4.79 Å². The summed E-state index contributed by atoms with van der Waals surface area (Å²) in [4.78, 5) is 15.2. The Balaban J connectivity index is 2.07. The van der Waals surface area contributed by atoms with Gasteiger partial charge < -0.3 is 15.0 Å². The van der Waals surface area contributed by atoms with E-state index < -0.39 is 11.7 Å². The van der Waals surface area contributed by atoms with E-state index in [0.717, 1.165) is 36.5 Å². The van der Waals surface area contributed by atoms with E-state index in [-0.39, 0.29) is 6.04 Å². The van der Waals surface area contributed by atoms with Crippen molar-refractivity contribution in [3.63, 3.8) is 0 Å². The van der Waals surface area contributed by atoms with Gasteiger partial charge in [-0.3, -0.25) is 0 Å². The van der Waals surface area contributed by atoms with E-state index >= 15 is 0 Å². The highest BCUT2D eigenvalue weighted by atomic mass is 32.1. The van der Waals surface area contributed by atoms with Crippen molar-refractivity contribution in [3.05, 3.63) is 35.9 Å². The van der Waals surface area contributed by atoms with Crippen molar-refractivity contribution in [2.24, 2.45) is 0 Å². The monoisotopic (exact) mass is 334 g/mol. The average Bonchev–Trinajstić information content (AvgIpc) is 2.99. The molecule has 4 nitrogen and oxygen atoms in total. The fraction of sp³-hybridized carbons (Fsp3) is 0.556. The maximum absolute atomic E-state index is 12.2. The minimum absolute atomic E-state index is 0.222. The van der Waals surface area contributed by atoms with Crippen LogP contribution in [0.2, 0.25) is 0 Å². The molecule has 0 aromatic heterocycles. The molecule has 1 aromatic carbocycles. The van der Waals surface area contributed by atoms with Gasteiger partial charge in [0.1, 0.15) is 10.6 Å². The second-order valence-corrected chi connectivity index (χ2v) is 7.34. The summed E-state index contributed by atoms with van der Waals surface area (Å²) in [7, 11) is 0. The number of benzene rings is 1. The van der Waals surface area contributed by atoms with Crippen molar-refractivity contribution >= 4 is 23.3 Å².